The van der Waals surface area contributed by atoms with Gasteiger partial charge < -0.3 is 9.64 Å². The number of hydrogen-bond acceptors (Lipinski definition) is 2. The maximum Gasteiger partial charge on any atom is 0.131 e. The van der Waals surface area contributed by atoms with Crippen molar-refractivity contribution in [3.63, 3.8) is 0 Å². The lowest BCUT2D eigenvalue weighted by Gasteiger charge is -2.31. The van der Waals surface area contributed by atoms with Crippen LogP contribution in [0.25, 0.3) is 44.5 Å². The third kappa shape index (κ3) is 10.8. The molecular weight excluding hydrogens is 834 g/mol. The fourth-order valence-corrected chi connectivity index (χ4v) is 8.87. The van der Waals surface area contributed by atoms with E-state index < -0.39 is 0 Å². The van der Waals surface area contributed by atoms with Gasteiger partial charge in [0.1, 0.15) is 11.5 Å². The first-order valence-electron chi connectivity index (χ1n) is 23.7. The summed E-state index contributed by atoms with van der Waals surface area (Å²) < 4.78 is 6.88. The quantitative estimate of drug-likeness (QED) is 0.143. The molecule has 0 heterocycles. The SMILES string of the molecule is CC(C)(C)c1cc(-c2cccc(Oc3cc(Cl)cc(N(c4cccc(-c5cc(C(C)(C)C)cc(C(C)(C)C)c5)c4)c4c(-c5ccccc5)cccc4-c4ccccc4)c3)c2)cc(C(C)(C)C)c1. The summed E-state index contributed by atoms with van der Waals surface area (Å²) in [5.41, 5.74) is 17.1. The Labute approximate surface area is 406 Å². The molecule has 8 aromatic carbocycles. The number of rotatable bonds is 9. The molecule has 2 nitrogen and oxygen atoms in total. The van der Waals surface area contributed by atoms with E-state index in [0.29, 0.717) is 10.8 Å². The smallest absolute Gasteiger partial charge is 0.131 e. The summed E-state index contributed by atoms with van der Waals surface area (Å²) in [5, 5.41) is 0.573. The van der Waals surface area contributed by atoms with E-state index in [1.54, 1.807) is 0 Å². The van der Waals surface area contributed by atoms with Gasteiger partial charge in [-0.1, -0.05) is 234 Å². The summed E-state index contributed by atoms with van der Waals surface area (Å²) in [5.74, 6) is 1.38. The lowest BCUT2D eigenvalue weighted by molar-refractivity contribution is 0.483. The Morgan fingerprint density at radius 2 is 0.746 bits per heavy atom. The van der Waals surface area contributed by atoms with Gasteiger partial charge >= 0.3 is 0 Å². The fraction of sp³-hybridized carbons (Fsp3) is 0.250. The van der Waals surface area contributed by atoms with Crippen LogP contribution in [0.4, 0.5) is 17.1 Å². The van der Waals surface area contributed by atoms with Gasteiger partial charge in [-0.2, -0.15) is 0 Å². The molecule has 8 rings (SSSR count). The van der Waals surface area contributed by atoms with Crippen LogP contribution in [0, 0.1) is 0 Å². The van der Waals surface area contributed by atoms with E-state index in [1.165, 1.54) is 33.4 Å². The molecule has 3 heteroatoms. The van der Waals surface area contributed by atoms with Crippen molar-refractivity contribution in [1.29, 1.82) is 0 Å². The van der Waals surface area contributed by atoms with E-state index in [4.69, 9.17) is 16.3 Å². The second-order valence-corrected chi connectivity index (χ2v) is 22.6. The Bertz CT molecular complexity index is 2900. The van der Waals surface area contributed by atoms with E-state index in [9.17, 15) is 0 Å². The second kappa shape index (κ2) is 18.4. The van der Waals surface area contributed by atoms with E-state index in [2.05, 4.69) is 258 Å². The van der Waals surface area contributed by atoms with Crippen molar-refractivity contribution in [1.82, 2.24) is 0 Å². The van der Waals surface area contributed by atoms with Gasteiger partial charge in [0.15, 0.2) is 0 Å². The summed E-state index contributed by atoms with van der Waals surface area (Å²) in [6.45, 7) is 27.5. The zero-order valence-electron chi connectivity index (χ0n) is 41.6. The number of benzene rings is 8. The molecule has 0 spiro atoms. The first kappa shape index (κ1) is 47.2. The Morgan fingerprint density at radius 3 is 1.21 bits per heavy atom. The lowest BCUT2D eigenvalue weighted by atomic mass is 9.79. The van der Waals surface area contributed by atoms with Crippen molar-refractivity contribution >= 4 is 28.7 Å². The first-order valence-corrected chi connectivity index (χ1v) is 24.1. The van der Waals surface area contributed by atoms with Gasteiger partial charge in [0.25, 0.3) is 0 Å². The minimum atomic E-state index is -0.0264. The average molecular weight is 901 g/mol. The van der Waals surface area contributed by atoms with E-state index in [1.807, 2.05) is 12.1 Å². The van der Waals surface area contributed by atoms with Gasteiger partial charge in [0, 0.05) is 27.9 Å². The number of para-hydroxylation sites is 1. The standard InChI is InChI=1S/C64H66ClNO/c1-61(2,3)49-32-47(33-50(38-49)62(4,5)6)45-26-19-28-54(36-45)66(60-58(43-22-15-13-16-23-43)30-21-31-59(60)44-24-17-14-18-25-44)55-40-53(65)41-57(42-55)67-56-29-20-27-46(37-56)48-34-51(63(7,8)9)39-52(35-48)64(10,11)12/h13-42H,1-12H3. The maximum atomic E-state index is 7.24. The van der Waals surface area contributed by atoms with Crippen LogP contribution in [-0.2, 0) is 21.7 Å². The fourth-order valence-electron chi connectivity index (χ4n) is 8.65. The molecule has 0 fully saturated rings. The van der Waals surface area contributed by atoms with Gasteiger partial charge in [-0.15, -0.1) is 0 Å². The molecule has 0 aliphatic heterocycles. The highest BCUT2D eigenvalue weighted by atomic mass is 35.5. The van der Waals surface area contributed by atoms with Crippen LogP contribution >= 0.6 is 11.6 Å². The predicted molar refractivity (Wildman–Crippen MR) is 289 cm³/mol. The highest BCUT2D eigenvalue weighted by molar-refractivity contribution is 6.31. The van der Waals surface area contributed by atoms with E-state index >= 15 is 0 Å². The van der Waals surface area contributed by atoms with Gasteiger partial charge in [-0.05, 0) is 114 Å². The topological polar surface area (TPSA) is 12.5 Å². The van der Waals surface area contributed by atoms with Gasteiger partial charge in [-0.25, -0.2) is 0 Å². The Kier molecular flexibility index (Phi) is 12.9. The molecule has 0 N–H and O–H groups in total. The van der Waals surface area contributed by atoms with E-state index in [0.717, 1.165) is 56.2 Å². The third-order valence-electron chi connectivity index (χ3n) is 12.7. The van der Waals surface area contributed by atoms with Crippen LogP contribution in [0.5, 0.6) is 11.5 Å². The van der Waals surface area contributed by atoms with Crippen LogP contribution in [0.1, 0.15) is 105 Å². The summed E-state index contributed by atoms with van der Waals surface area (Å²) in [6.07, 6.45) is 0. The number of ether oxygens (including phenoxy) is 1. The minimum absolute atomic E-state index is 0.00195. The molecular formula is C64H66ClNO. The van der Waals surface area contributed by atoms with Crippen LogP contribution in [0.3, 0.4) is 0 Å². The lowest BCUT2D eigenvalue weighted by Crippen LogP contribution is -2.16. The van der Waals surface area contributed by atoms with Crippen LogP contribution in [-0.4, -0.2) is 0 Å². The summed E-state index contributed by atoms with van der Waals surface area (Å²) in [4.78, 5) is 2.37. The van der Waals surface area contributed by atoms with Crippen LogP contribution in [0.2, 0.25) is 5.02 Å². The molecule has 0 aliphatic carbocycles. The number of nitrogens with zero attached hydrogens (tertiary/aromatic N) is 1. The van der Waals surface area contributed by atoms with E-state index in [-0.39, 0.29) is 21.7 Å². The van der Waals surface area contributed by atoms with Gasteiger partial charge in [-0.3, -0.25) is 0 Å². The molecule has 0 aromatic heterocycles. The molecule has 0 radical (unpaired) electrons. The Morgan fingerprint density at radius 1 is 0.328 bits per heavy atom. The van der Waals surface area contributed by atoms with Crippen molar-refractivity contribution in [2.75, 3.05) is 4.90 Å². The molecule has 340 valence electrons. The van der Waals surface area contributed by atoms with Gasteiger partial charge in [0.2, 0.25) is 0 Å². The van der Waals surface area contributed by atoms with Crippen molar-refractivity contribution in [3.05, 3.63) is 209 Å². The van der Waals surface area contributed by atoms with Crippen molar-refractivity contribution in [2.24, 2.45) is 0 Å². The summed E-state index contributed by atoms with van der Waals surface area (Å²) >= 11 is 7.24. The maximum absolute atomic E-state index is 7.24. The molecule has 8 aromatic rings. The first-order chi connectivity index (χ1) is 31.6. The zero-order valence-corrected chi connectivity index (χ0v) is 42.3. The molecule has 0 unspecified atom stereocenters. The Balaban J connectivity index is 1.33. The Hall–Kier alpha value is -6.35. The number of anilines is 3. The molecule has 0 bridgehead atoms. The van der Waals surface area contributed by atoms with Crippen molar-refractivity contribution in [3.8, 4) is 56.0 Å². The summed E-state index contributed by atoms with van der Waals surface area (Å²) in [7, 11) is 0. The minimum Gasteiger partial charge on any atom is -0.457 e. The second-order valence-electron chi connectivity index (χ2n) is 22.2. The van der Waals surface area contributed by atoms with Crippen molar-refractivity contribution in [2.45, 2.75) is 105 Å². The molecule has 0 amide bonds. The summed E-state index contributed by atoms with van der Waals surface area (Å²) in [6, 6.07) is 65.6. The monoisotopic (exact) mass is 899 g/mol. The largest absolute Gasteiger partial charge is 0.457 e. The molecule has 67 heavy (non-hydrogen) atoms. The molecule has 0 atom stereocenters. The number of halogens is 1. The molecule has 0 saturated heterocycles. The highest BCUT2D eigenvalue weighted by Crippen LogP contribution is 2.49. The highest BCUT2D eigenvalue weighted by Gasteiger charge is 2.26. The zero-order chi connectivity index (χ0) is 47.9. The normalized spacial score (nSPS) is 12.3. The van der Waals surface area contributed by atoms with Crippen molar-refractivity contribution < 1.29 is 4.74 Å². The average Bonchev–Trinajstić information content (AvgIpc) is 3.28. The predicted octanol–water partition coefficient (Wildman–Crippen LogP) is 19.5. The van der Waals surface area contributed by atoms with Crippen LogP contribution < -0.4 is 9.64 Å². The third-order valence-corrected chi connectivity index (χ3v) is 12.9. The van der Waals surface area contributed by atoms with Crippen LogP contribution in [0.15, 0.2) is 182 Å². The number of hydrogen-bond donors (Lipinski definition) is 0. The molecule has 0 aliphatic rings. The van der Waals surface area contributed by atoms with Gasteiger partial charge in [0.05, 0.1) is 11.4 Å². The molecule has 0 saturated carbocycles.